The van der Waals surface area contributed by atoms with Crippen LogP contribution in [0.4, 0.5) is 0 Å². The molecule has 0 radical (unpaired) electrons. The van der Waals surface area contributed by atoms with Gasteiger partial charge in [-0.2, -0.15) is 0 Å². The molecule has 0 unspecified atom stereocenters. The first-order valence-corrected chi connectivity index (χ1v) is 8.80. The van der Waals surface area contributed by atoms with Gasteiger partial charge in [-0.3, -0.25) is 4.79 Å². The summed E-state index contributed by atoms with van der Waals surface area (Å²) in [6.45, 7) is 4.49. The van der Waals surface area contributed by atoms with Crippen LogP contribution in [0.2, 0.25) is 0 Å². The molecule has 1 fully saturated rings. The number of likely N-dealkylation sites (tertiary alicyclic amines) is 1. The van der Waals surface area contributed by atoms with Gasteiger partial charge >= 0.3 is 0 Å². The molecular weight excluding hydrogens is 316 g/mol. The highest BCUT2D eigenvalue weighted by Crippen LogP contribution is 2.19. The third kappa shape index (κ3) is 4.79. The van der Waals surface area contributed by atoms with Crippen LogP contribution in [0.3, 0.4) is 0 Å². The smallest absolute Gasteiger partial charge is 0.254 e. The molecule has 3 rings (SSSR count). The Morgan fingerprint density at radius 1 is 1.20 bits per heavy atom. The molecular formula is C20H24N2O3. The van der Waals surface area contributed by atoms with Crippen molar-refractivity contribution in [1.29, 1.82) is 0 Å². The van der Waals surface area contributed by atoms with E-state index in [2.05, 4.69) is 17.1 Å². The van der Waals surface area contributed by atoms with Gasteiger partial charge in [0.25, 0.3) is 5.91 Å². The van der Waals surface area contributed by atoms with E-state index in [0.717, 1.165) is 12.8 Å². The summed E-state index contributed by atoms with van der Waals surface area (Å²) >= 11 is 0. The summed E-state index contributed by atoms with van der Waals surface area (Å²) in [5, 5.41) is 0. The van der Waals surface area contributed by atoms with Crippen molar-refractivity contribution in [3.05, 3.63) is 59.8 Å². The van der Waals surface area contributed by atoms with Crippen LogP contribution in [0.5, 0.6) is 5.88 Å². The van der Waals surface area contributed by atoms with E-state index in [9.17, 15) is 4.79 Å². The number of hydrogen-bond acceptors (Lipinski definition) is 4. The van der Waals surface area contributed by atoms with Gasteiger partial charge in [-0.15, -0.1) is 0 Å². The average molecular weight is 340 g/mol. The lowest BCUT2D eigenvalue weighted by Crippen LogP contribution is -2.40. The monoisotopic (exact) mass is 340 g/mol. The van der Waals surface area contributed by atoms with Gasteiger partial charge in [0.1, 0.15) is 0 Å². The first-order valence-electron chi connectivity index (χ1n) is 8.80. The Bertz CT molecular complexity index is 682. The largest absolute Gasteiger partial charge is 0.478 e. The summed E-state index contributed by atoms with van der Waals surface area (Å²) in [7, 11) is 0. The van der Waals surface area contributed by atoms with Crippen molar-refractivity contribution in [3.8, 4) is 5.88 Å². The quantitative estimate of drug-likeness (QED) is 0.810. The van der Waals surface area contributed by atoms with Gasteiger partial charge in [0.15, 0.2) is 0 Å². The van der Waals surface area contributed by atoms with Crippen LogP contribution in [0.1, 0.15) is 35.7 Å². The third-order valence-corrected chi connectivity index (χ3v) is 4.33. The molecule has 1 aromatic heterocycles. The van der Waals surface area contributed by atoms with Gasteiger partial charge in [0, 0.05) is 30.9 Å². The van der Waals surface area contributed by atoms with E-state index in [4.69, 9.17) is 9.47 Å². The predicted octanol–water partition coefficient (Wildman–Crippen LogP) is 3.30. The highest BCUT2D eigenvalue weighted by atomic mass is 16.5. The summed E-state index contributed by atoms with van der Waals surface area (Å²) in [5.74, 6) is 0.527. The molecule has 5 heteroatoms. The molecule has 0 saturated carbocycles. The second kappa shape index (κ2) is 8.62. The number of benzene rings is 1. The zero-order chi connectivity index (χ0) is 17.5. The molecule has 0 aliphatic carbocycles. The topological polar surface area (TPSA) is 51.7 Å². The molecule has 0 atom stereocenters. The van der Waals surface area contributed by atoms with Crippen molar-refractivity contribution in [2.24, 2.45) is 0 Å². The molecule has 1 amide bonds. The Morgan fingerprint density at radius 3 is 2.68 bits per heavy atom. The van der Waals surface area contributed by atoms with Gasteiger partial charge in [-0.25, -0.2) is 4.98 Å². The van der Waals surface area contributed by atoms with Gasteiger partial charge in [0.05, 0.1) is 19.3 Å². The van der Waals surface area contributed by atoms with E-state index in [-0.39, 0.29) is 12.0 Å². The molecule has 2 heterocycles. The number of ether oxygens (including phenoxy) is 2. The molecule has 0 bridgehead atoms. The standard InChI is InChI=1S/C20H24N2O3/c1-2-24-19-14-17(8-11-21-19)20(23)22-12-9-18(10-13-22)25-15-16-6-4-3-5-7-16/h3-8,11,14,18H,2,9-10,12-13,15H2,1H3. The summed E-state index contributed by atoms with van der Waals surface area (Å²) in [6, 6.07) is 13.6. The fourth-order valence-electron chi connectivity index (χ4n) is 2.97. The second-order valence-corrected chi connectivity index (χ2v) is 6.10. The van der Waals surface area contributed by atoms with Crippen molar-refractivity contribution in [1.82, 2.24) is 9.88 Å². The maximum atomic E-state index is 12.6. The predicted molar refractivity (Wildman–Crippen MR) is 95.6 cm³/mol. The minimum Gasteiger partial charge on any atom is -0.478 e. The zero-order valence-corrected chi connectivity index (χ0v) is 14.6. The van der Waals surface area contributed by atoms with Crippen LogP contribution < -0.4 is 4.74 Å². The highest BCUT2D eigenvalue weighted by molar-refractivity contribution is 5.94. The second-order valence-electron chi connectivity index (χ2n) is 6.10. The Labute approximate surface area is 148 Å². The number of rotatable bonds is 6. The molecule has 0 spiro atoms. The van der Waals surface area contributed by atoms with Crippen molar-refractivity contribution in [2.75, 3.05) is 19.7 Å². The number of pyridine rings is 1. The van der Waals surface area contributed by atoms with Crippen LogP contribution in [0.15, 0.2) is 48.7 Å². The van der Waals surface area contributed by atoms with Gasteiger partial charge < -0.3 is 14.4 Å². The fourth-order valence-corrected chi connectivity index (χ4v) is 2.97. The molecule has 1 aromatic carbocycles. The first-order chi connectivity index (χ1) is 12.3. The number of carbonyl (C=O) groups excluding carboxylic acids is 1. The van der Waals surface area contributed by atoms with Crippen molar-refractivity contribution < 1.29 is 14.3 Å². The molecule has 1 saturated heterocycles. The van der Waals surface area contributed by atoms with E-state index in [1.165, 1.54) is 5.56 Å². The summed E-state index contributed by atoms with van der Waals surface area (Å²) in [4.78, 5) is 18.6. The van der Waals surface area contributed by atoms with Crippen molar-refractivity contribution in [2.45, 2.75) is 32.5 Å². The minimum absolute atomic E-state index is 0.0323. The van der Waals surface area contributed by atoms with Crippen molar-refractivity contribution >= 4 is 5.91 Å². The Hall–Kier alpha value is -2.40. The Balaban J connectivity index is 1.50. The molecule has 2 aromatic rings. The Kier molecular flexibility index (Phi) is 6.01. The number of aromatic nitrogens is 1. The zero-order valence-electron chi connectivity index (χ0n) is 14.6. The third-order valence-electron chi connectivity index (χ3n) is 4.33. The van der Waals surface area contributed by atoms with E-state index < -0.39 is 0 Å². The first kappa shape index (κ1) is 17.4. The molecule has 1 aliphatic rings. The van der Waals surface area contributed by atoms with Gasteiger partial charge in [0.2, 0.25) is 5.88 Å². The van der Waals surface area contributed by atoms with E-state index >= 15 is 0 Å². The van der Waals surface area contributed by atoms with Gasteiger partial charge in [-0.05, 0) is 31.4 Å². The van der Waals surface area contributed by atoms with Crippen LogP contribution in [-0.2, 0) is 11.3 Å². The van der Waals surface area contributed by atoms with E-state index in [1.54, 1.807) is 18.3 Å². The summed E-state index contributed by atoms with van der Waals surface area (Å²) < 4.78 is 11.4. The average Bonchev–Trinajstić information content (AvgIpc) is 2.67. The molecule has 1 aliphatic heterocycles. The Morgan fingerprint density at radius 2 is 1.96 bits per heavy atom. The number of nitrogens with zero attached hydrogens (tertiary/aromatic N) is 2. The van der Waals surface area contributed by atoms with Crippen molar-refractivity contribution in [3.63, 3.8) is 0 Å². The maximum Gasteiger partial charge on any atom is 0.254 e. The SMILES string of the molecule is CCOc1cc(C(=O)N2CCC(OCc3ccccc3)CC2)ccn1. The highest BCUT2D eigenvalue weighted by Gasteiger charge is 2.24. The van der Waals surface area contributed by atoms with E-state index in [1.807, 2.05) is 30.0 Å². The fraction of sp³-hybridized carbons (Fsp3) is 0.400. The maximum absolute atomic E-state index is 12.6. The lowest BCUT2D eigenvalue weighted by Gasteiger charge is -2.32. The lowest BCUT2D eigenvalue weighted by atomic mass is 10.1. The number of amides is 1. The molecule has 0 N–H and O–H groups in total. The molecule has 25 heavy (non-hydrogen) atoms. The van der Waals surface area contributed by atoms with Crippen LogP contribution in [-0.4, -0.2) is 41.6 Å². The van der Waals surface area contributed by atoms with Crippen LogP contribution in [0, 0.1) is 0 Å². The number of carbonyl (C=O) groups is 1. The van der Waals surface area contributed by atoms with E-state index in [0.29, 0.717) is 37.7 Å². The summed E-state index contributed by atoms with van der Waals surface area (Å²) in [5.41, 5.74) is 1.81. The number of hydrogen-bond donors (Lipinski definition) is 0. The normalized spacial score (nSPS) is 15.2. The number of piperidine rings is 1. The minimum atomic E-state index is 0.0323. The lowest BCUT2D eigenvalue weighted by molar-refractivity contribution is -0.000392. The molecule has 5 nitrogen and oxygen atoms in total. The molecule has 132 valence electrons. The summed E-state index contributed by atoms with van der Waals surface area (Å²) in [6.07, 6.45) is 3.55. The van der Waals surface area contributed by atoms with Gasteiger partial charge in [-0.1, -0.05) is 30.3 Å². The van der Waals surface area contributed by atoms with Crippen LogP contribution >= 0.6 is 0 Å². The van der Waals surface area contributed by atoms with Crippen LogP contribution in [0.25, 0.3) is 0 Å².